The fourth-order valence-electron chi connectivity index (χ4n) is 20.4. The van der Waals surface area contributed by atoms with Crippen LogP contribution in [0.15, 0.2) is 425 Å². The third-order valence-electron chi connectivity index (χ3n) is 28.0. The van der Waals surface area contributed by atoms with E-state index in [1.165, 1.54) is 49.8 Å². The minimum Gasteiger partial charge on any atom is -0.311 e. The van der Waals surface area contributed by atoms with Crippen molar-refractivity contribution in [3.63, 3.8) is 0 Å². The van der Waals surface area contributed by atoms with Crippen LogP contribution in [0.3, 0.4) is 0 Å². The second-order valence-electron chi connectivity index (χ2n) is 41.6. The smallest absolute Gasteiger partial charge is 0.252 e. The molecular formula is C130H106BN9. The second-order valence-corrected chi connectivity index (χ2v) is 41.6. The molecule has 18 aromatic carbocycles. The fraction of sp³-hybridized carbons (Fsp3) is 0.123. The summed E-state index contributed by atoms with van der Waals surface area (Å²) < 4.78 is 2.40. The van der Waals surface area contributed by atoms with Crippen molar-refractivity contribution < 1.29 is 0 Å². The summed E-state index contributed by atoms with van der Waals surface area (Å²) in [5, 5.41) is 2.13. The molecule has 0 fully saturated rings. The molecule has 23 rings (SSSR count). The highest BCUT2D eigenvalue weighted by Gasteiger charge is 2.45. The molecule has 5 heterocycles. The van der Waals surface area contributed by atoms with Crippen molar-refractivity contribution in [1.29, 1.82) is 0 Å². The van der Waals surface area contributed by atoms with Crippen molar-refractivity contribution in [3.8, 4) is 152 Å². The third-order valence-corrected chi connectivity index (χ3v) is 28.0. The Bertz CT molecular complexity index is 7790. The molecule has 2 aliphatic heterocycles. The van der Waals surface area contributed by atoms with Crippen molar-refractivity contribution in [2.75, 3.05) is 9.80 Å². The molecule has 0 saturated heterocycles. The highest BCUT2D eigenvalue weighted by Crippen LogP contribution is 2.52. The molecular weight excluding hydrogens is 1700 g/mol. The maximum atomic E-state index is 5.56. The lowest BCUT2D eigenvalue weighted by Crippen LogP contribution is -2.61. The van der Waals surface area contributed by atoms with E-state index in [-0.39, 0.29) is 28.4 Å². The zero-order valence-electron chi connectivity index (χ0n) is 81.0. The summed E-state index contributed by atoms with van der Waals surface area (Å²) in [6.45, 7) is 27.9. The molecule has 0 bridgehead atoms. The van der Waals surface area contributed by atoms with E-state index in [4.69, 9.17) is 29.9 Å². The van der Waals surface area contributed by atoms with Gasteiger partial charge in [-0.2, -0.15) is 0 Å². The summed E-state index contributed by atoms with van der Waals surface area (Å²) in [4.78, 5) is 37.5. The molecule has 21 aromatic rings. The van der Waals surface area contributed by atoms with Crippen molar-refractivity contribution in [2.45, 2.75) is 105 Å². The van der Waals surface area contributed by atoms with Gasteiger partial charge in [0.05, 0.1) is 16.7 Å². The Morgan fingerprint density at radius 2 is 0.464 bits per heavy atom. The first kappa shape index (κ1) is 87.5. The highest BCUT2D eigenvalue weighted by atomic mass is 15.2. The van der Waals surface area contributed by atoms with E-state index < -0.39 is 0 Å². The number of para-hydroxylation sites is 1. The number of fused-ring (bicyclic) bond motifs is 7. The molecule has 140 heavy (non-hydrogen) atoms. The van der Waals surface area contributed by atoms with E-state index in [0.717, 1.165) is 162 Å². The molecule has 10 heteroatoms. The SMILES string of the molecule is CC(C)(C)c1cc(-c2ccc3c(c2)B2c4cc(-c5cc(C(C)(C)C)cc(C(C)(C)C)c5)ccc4N(c4cc(-c5ccccc5)cc(-c5ccccc5)c4)c4cc(-c5ccc6c(c5)c5ccccc5n6-c5ccc(-c6nc(-c7ccccc7)nc(-c7ccccc7)n6)cc5-c5nc(-c6ccccc6)nc(-c6ccccc6)n5)cc(c42)N3c2cc(-c3ccccc3)cc(-c3ccccc3)c2)cc(C(C)(C)C)c1. The predicted molar refractivity (Wildman–Crippen MR) is 587 cm³/mol. The Kier molecular flexibility index (Phi) is 21.8. The average Bonchev–Trinajstić information content (AvgIpc) is 0.784. The molecule has 0 atom stereocenters. The van der Waals surface area contributed by atoms with E-state index >= 15 is 0 Å². The van der Waals surface area contributed by atoms with Gasteiger partial charge in [-0.15, -0.1) is 0 Å². The van der Waals surface area contributed by atoms with Crippen LogP contribution in [0, 0.1) is 0 Å². The van der Waals surface area contributed by atoms with Gasteiger partial charge < -0.3 is 14.4 Å². The van der Waals surface area contributed by atoms with Gasteiger partial charge in [-0.1, -0.05) is 411 Å². The van der Waals surface area contributed by atoms with E-state index in [0.29, 0.717) is 34.9 Å². The van der Waals surface area contributed by atoms with Gasteiger partial charge in [-0.3, -0.25) is 0 Å². The molecule has 2 aliphatic rings. The maximum Gasteiger partial charge on any atom is 0.252 e. The van der Waals surface area contributed by atoms with Crippen LogP contribution in [0.25, 0.3) is 174 Å². The van der Waals surface area contributed by atoms with Gasteiger partial charge in [0.25, 0.3) is 6.71 Å². The predicted octanol–water partition coefficient (Wildman–Crippen LogP) is 32.1. The van der Waals surface area contributed by atoms with Crippen LogP contribution in [-0.4, -0.2) is 41.2 Å². The van der Waals surface area contributed by atoms with Gasteiger partial charge in [-0.05, 0) is 235 Å². The van der Waals surface area contributed by atoms with E-state index in [1.54, 1.807) is 0 Å². The van der Waals surface area contributed by atoms with E-state index in [9.17, 15) is 0 Å². The largest absolute Gasteiger partial charge is 0.311 e. The van der Waals surface area contributed by atoms with Gasteiger partial charge >= 0.3 is 0 Å². The molecule has 0 amide bonds. The lowest BCUT2D eigenvalue weighted by Gasteiger charge is -2.45. The van der Waals surface area contributed by atoms with Crippen LogP contribution in [-0.2, 0) is 21.7 Å². The Balaban J connectivity index is 0.820. The molecule has 3 aromatic heterocycles. The van der Waals surface area contributed by atoms with Crippen molar-refractivity contribution in [3.05, 3.63) is 447 Å². The first-order valence-electron chi connectivity index (χ1n) is 48.7. The fourth-order valence-corrected chi connectivity index (χ4v) is 20.4. The van der Waals surface area contributed by atoms with Crippen molar-refractivity contribution in [2.24, 2.45) is 0 Å². The average molecular weight is 1810 g/mol. The molecule has 0 aliphatic carbocycles. The van der Waals surface area contributed by atoms with Crippen LogP contribution < -0.4 is 26.2 Å². The Morgan fingerprint density at radius 3 is 0.821 bits per heavy atom. The quantitative estimate of drug-likeness (QED) is 0.0884. The minimum absolute atomic E-state index is 0.139. The lowest BCUT2D eigenvalue weighted by molar-refractivity contribution is 0.568. The number of benzene rings is 18. The first-order chi connectivity index (χ1) is 67.9. The van der Waals surface area contributed by atoms with Crippen LogP contribution in [0.1, 0.15) is 105 Å². The number of hydrogen-bond acceptors (Lipinski definition) is 8. The zero-order chi connectivity index (χ0) is 95.5. The van der Waals surface area contributed by atoms with E-state index in [2.05, 4.69) is 425 Å². The van der Waals surface area contributed by atoms with Crippen molar-refractivity contribution in [1.82, 2.24) is 34.5 Å². The number of aromatic nitrogens is 7. The molecule has 0 saturated carbocycles. The van der Waals surface area contributed by atoms with E-state index in [1.807, 2.05) is 97.1 Å². The summed E-state index contributed by atoms with van der Waals surface area (Å²) in [6, 6.07) is 156. The normalized spacial score (nSPS) is 12.5. The number of anilines is 6. The van der Waals surface area contributed by atoms with Gasteiger partial charge in [0.1, 0.15) is 0 Å². The monoisotopic (exact) mass is 1800 g/mol. The lowest BCUT2D eigenvalue weighted by atomic mass is 9.33. The zero-order valence-corrected chi connectivity index (χ0v) is 81.0. The molecule has 0 spiro atoms. The summed E-state index contributed by atoms with van der Waals surface area (Å²) in [5.41, 5.74) is 38.2. The summed E-state index contributed by atoms with van der Waals surface area (Å²) in [6.07, 6.45) is 0. The van der Waals surface area contributed by atoms with Crippen LogP contribution in [0.4, 0.5) is 34.1 Å². The molecule has 0 unspecified atom stereocenters. The number of hydrogen-bond donors (Lipinski definition) is 0. The van der Waals surface area contributed by atoms with Gasteiger partial charge in [-0.25, -0.2) is 29.9 Å². The molecule has 9 nitrogen and oxygen atoms in total. The minimum atomic E-state index is -0.330. The molecule has 0 radical (unpaired) electrons. The maximum absolute atomic E-state index is 5.56. The number of rotatable bonds is 16. The second kappa shape index (κ2) is 34.9. The molecule has 674 valence electrons. The third kappa shape index (κ3) is 16.5. The van der Waals surface area contributed by atoms with Gasteiger partial charge in [0, 0.05) is 78.3 Å². The first-order valence-corrected chi connectivity index (χ1v) is 48.7. The number of nitrogens with zero attached hydrogens (tertiary/aromatic N) is 9. The van der Waals surface area contributed by atoms with Crippen LogP contribution in [0.2, 0.25) is 0 Å². The highest BCUT2D eigenvalue weighted by molar-refractivity contribution is 7.00. The Hall–Kier alpha value is -16.6. The van der Waals surface area contributed by atoms with Crippen LogP contribution in [0.5, 0.6) is 0 Å². The summed E-state index contributed by atoms with van der Waals surface area (Å²) >= 11 is 0. The van der Waals surface area contributed by atoms with Crippen molar-refractivity contribution >= 4 is 79.0 Å². The topological polar surface area (TPSA) is 88.8 Å². The molecule has 0 N–H and O–H groups in total. The summed E-state index contributed by atoms with van der Waals surface area (Å²) in [7, 11) is 0. The van der Waals surface area contributed by atoms with Crippen LogP contribution >= 0.6 is 0 Å². The van der Waals surface area contributed by atoms with Gasteiger partial charge in [0.15, 0.2) is 34.9 Å². The Labute approximate surface area is 821 Å². The Morgan fingerprint density at radius 1 is 0.186 bits per heavy atom. The summed E-state index contributed by atoms with van der Waals surface area (Å²) in [5.74, 6) is 3.18. The standard InChI is InChI=1S/C130H106BN9/c1-127(2,3)102-67-99(68-103(81-102)128(4,5)6)92-58-63-116-111(77-92)131-112-78-93(100-69-104(129(7,8)9)82-105(70-100)130(10,11)12)59-64-117(112)139(107-73-97(85-43-25-15-26-44-85)66-98(74-107)86-45-27-16-28-46-86)119-80-101(79-118(120(119)131)138(116)106-71-95(83-39-21-13-22-40-83)65-96(72-106)84-41-23-14-24-42-84)91-57-61-114-109(75-91)108-55-37-38-56-113(108)140(114)115-62-60-94(125-134-121(87-47-29-17-30-48-87)132-122(135-125)88-49-31-18-32-50-88)76-110(115)126-136-123(89-51-33-19-34-52-89)133-124(137-126)90-53-35-20-36-54-90/h13-82H,1-12H3. The van der Waals surface area contributed by atoms with Gasteiger partial charge in [0.2, 0.25) is 0 Å².